The summed E-state index contributed by atoms with van der Waals surface area (Å²) in [5.41, 5.74) is 1.33. The predicted molar refractivity (Wildman–Crippen MR) is 206 cm³/mol. The number of hydrogen-bond acceptors (Lipinski definition) is 8. The first-order chi connectivity index (χ1) is 24.4. The fraction of sp³-hybridized carbons (Fsp3) is 0.600. The van der Waals surface area contributed by atoms with Crippen LogP contribution in [-0.2, 0) is 19.1 Å². The van der Waals surface area contributed by atoms with E-state index in [4.69, 9.17) is 9.47 Å². The maximum atomic E-state index is 12.5. The van der Waals surface area contributed by atoms with Gasteiger partial charge < -0.3 is 20.1 Å². The van der Waals surface area contributed by atoms with Gasteiger partial charge in [0.2, 0.25) is 0 Å². The number of carbonyl (C=O) groups excluding carboxylic acids is 4. The average molecular weight is 729 g/mol. The van der Waals surface area contributed by atoms with Gasteiger partial charge in [0.25, 0.3) is 11.8 Å². The topological polar surface area (TPSA) is 111 Å². The van der Waals surface area contributed by atoms with Crippen molar-refractivity contribution < 1.29 is 28.7 Å². The predicted octanol–water partition coefficient (Wildman–Crippen LogP) is 10.1. The van der Waals surface area contributed by atoms with E-state index in [1.54, 1.807) is 21.6 Å². The van der Waals surface area contributed by atoms with Crippen molar-refractivity contribution in [2.75, 3.05) is 26.3 Å². The Morgan fingerprint density at radius 2 is 0.760 bits per heavy atom. The molecule has 2 rings (SSSR count). The molecule has 0 aliphatic rings. The lowest BCUT2D eigenvalue weighted by Gasteiger charge is -2.07. The summed E-state index contributed by atoms with van der Waals surface area (Å²) in [6.07, 6.45) is 18.6. The molecule has 0 heterocycles. The molecule has 50 heavy (non-hydrogen) atoms. The highest BCUT2D eigenvalue weighted by atomic mass is 33.1. The van der Waals surface area contributed by atoms with Crippen molar-refractivity contribution in [2.24, 2.45) is 0 Å². The molecule has 2 aromatic carbocycles. The maximum absolute atomic E-state index is 12.5. The molecule has 0 bridgehead atoms. The molecule has 278 valence electrons. The number of carbonyl (C=O) groups is 4. The van der Waals surface area contributed by atoms with Crippen LogP contribution in [0.1, 0.15) is 150 Å². The van der Waals surface area contributed by atoms with E-state index in [9.17, 15) is 19.2 Å². The molecule has 0 fully saturated rings. The number of hydrogen-bond donors (Lipinski definition) is 2. The van der Waals surface area contributed by atoms with Gasteiger partial charge in [-0.3, -0.25) is 19.2 Å². The van der Waals surface area contributed by atoms with Crippen LogP contribution in [0.25, 0.3) is 0 Å². The Bertz CT molecular complexity index is 1130. The van der Waals surface area contributed by atoms with Crippen LogP contribution in [0.15, 0.2) is 58.3 Å². The summed E-state index contributed by atoms with van der Waals surface area (Å²) in [5, 5.41) is 6.06. The third-order valence-corrected chi connectivity index (χ3v) is 10.7. The van der Waals surface area contributed by atoms with Crippen LogP contribution in [-0.4, -0.2) is 50.1 Å². The van der Waals surface area contributed by atoms with Crippen LogP contribution >= 0.6 is 21.6 Å². The lowest BCUT2D eigenvalue weighted by molar-refractivity contribution is -0.144. The molecule has 10 heteroatoms. The fourth-order valence-electron chi connectivity index (χ4n) is 5.40. The smallest absolute Gasteiger partial charge is 0.305 e. The summed E-state index contributed by atoms with van der Waals surface area (Å²) in [6, 6.07) is 15.3. The van der Waals surface area contributed by atoms with Gasteiger partial charge >= 0.3 is 11.9 Å². The summed E-state index contributed by atoms with van der Waals surface area (Å²) < 4.78 is 9.90. The minimum Gasteiger partial charge on any atom is -0.466 e. The zero-order valence-electron chi connectivity index (χ0n) is 30.4. The van der Waals surface area contributed by atoms with Gasteiger partial charge in [-0.05, 0) is 88.1 Å². The van der Waals surface area contributed by atoms with E-state index in [0.29, 0.717) is 50.3 Å². The third kappa shape index (κ3) is 21.3. The highest BCUT2D eigenvalue weighted by Gasteiger charge is 2.08. The summed E-state index contributed by atoms with van der Waals surface area (Å²) >= 11 is 0. The molecule has 2 amide bonds. The summed E-state index contributed by atoms with van der Waals surface area (Å²) in [5.74, 6) is -0.263. The molecule has 8 nitrogen and oxygen atoms in total. The minimum atomic E-state index is -0.0901. The van der Waals surface area contributed by atoms with Crippen molar-refractivity contribution in [1.29, 1.82) is 0 Å². The number of esters is 2. The van der Waals surface area contributed by atoms with Crippen molar-refractivity contribution in [1.82, 2.24) is 10.6 Å². The standard InChI is InChI=1S/C40H60N2O6S2/c1-3-47-37(43)21-17-13-9-5-7-11-15-19-31-41-39(45)33-23-27-35(28-24-33)49-50-36-29-25-34(26-30-36)40(46)42-32-20-16-12-8-6-10-14-18-22-38(44)48-4-2/h23-30H,3-22,31-32H2,1-2H3,(H,41,45)(H,42,46). The Morgan fingerprint density at radius 3 is 1.08 bits per heavy atom. The molecular formula is C40H60N2O6S2. The van der Waals surface area contributed by atoms with Crippen molar-refractivity contribution in [3.8, 4) is 0 Å². The van der Waals surface area contributed by atoms with E-state index in [0.717, 1.165) is 86.8 Å². The molecule has 0 saturated carbocycles. The van der Waals surface area contributed by atoms with Crippen molar-refractivity contribution in [3.63, 3.8) is 0 Å². The van der Waals surface area contributed by atoms with Crippen LogP contribution in [0.3, 0.4) is 0 Å². The van der Waals surface area contributed by atoms with Gasteiger partial charge in [0.1, 0.15) is 0 Å². The Morgan fingerprint density at radius 1 is 0.460 bits per heavy atom. The summed E-state index contributed by atoms with van der Waals surface area (Å²) in [7, 11) is 3.25. The third-order valence-electron chi connectivity index (χ3n) is 8.26. The van der Waals surface area contributed by atoms with Crippen LogP contribution in [0.4, 0.5) is 0 Å². The second kappa shape index (κ2) is 28.7. The van der Waals surface area contributed by atoms with Gasteiger partial charge in [-0.2, -0.15) is 0 Å². The first-order valence-electron chi connectivity index (χ1n) is 18.8. The van der Waals surface area contributed by atoms with Gasteiger partial charge in [-0.25, -0.2) is 0 Å². The number of rotatable bonds is 29. The summed E-state index contributed by atoms with van der Waals surface area (Å²) in [4.78, 5) is 49.9. The van der Waals surface area contributed by atoms with E-state index in [2.05, 4.69) is 10.6 Å². The molecule has 2 aromatic rings. The zero-order valence-corrected chi connectivity index (χ0v) is 32.1. The average Bonchev–Trinajstić information content (AvgIpc) is 3.12. The molecule has 0 saturated heterocycles. The summed E-state index contributed by atoms with van der Waals surface area (Å²) in [6.45, 7) is 5.95. The quantitative estimate of drug-likeness (QED) is 0.0484. The zero-order chi connectivity index (χ0) is 36.1. The second-order valence-electron chi connectivity index (χ2n) is 12.5. The Kier molecular flexibility index (Phi) is 24.8. The molecular weight excluding hydrogens is 669 g/mol. The largest absolute Gasteiger partial charge is 0.466 e. The van der Waals surface area contributed by atoms with Crippen LogP contribution in [0.2, 0.25) is 0 Å². The van der Waals surface area contributed by atoms with Gasteiger partial charge in [0, 0.05) is 46.8 Å². The Balaban J connectivity index is 1.49. The normalized spacial score (nSPS) is 10.8. The molecule has 0 unspecified atom stereocenters. The SMILES string of the molecule is CCOC(=O)CCCCCCCCCCNC(=O)c1ccc(SSc2ccc(C(=O)NCCCCCCCCCCC(=O)OCC)cc2)cc1. The van der Waals surface area contributed by atoms with Crippen LogP contribution < -0.4 is 10.6 Å². The van der Waals surface area contributed by atoms with Crippen LogP contribution in [0, 0.1) is 0 Å². The molecule has 0 atom stereocenters. The number of amides is 2. The van der Waals surface area contributed by atoms with Crippen LogP contribution in [0.5, 0.6) is 0 Å². The molecule has 0 radical (unpaired) electrons. The minimum absolute atomic E-state index is 0.0412. The number of nitrogens with one attached hydrogen (secondary N) is 2. The second-order valence-corrected chi connectivity index (χ2v) is 14.8. The molecule has 0 spiro atoms. The van der Waals surface area contributed by atoms with Crippen molar-refractivity contribution in [3.05, 3.63) is 59.7 Å². The lowest BCUT2D eigenvalue weighted by Crippen LogP contribution is -2.24. The first-order valence-corrected chi connectivity index (χ1v) is 21.0. The molecule has 0 aliphatic carbocycles. The van der Waals surface area contributed by atoms with Gasteiger partial charge in [-0.1, -0.05) is 98.6 Å². The van der Waals surface area contributed by atoms with E-state index < -0.39 is 0 Å². The van der Waals surface area contributed by atoms with Gasteiger partial charge in [0.15, 0.2) is 0 Å². The monoisotopic (exact) mass is 728 g/mol. The van der Waals surface area contributed by atoms with Crippen molar-refractivity contribution in [2.45, 2.75) is 139 Å². The van der Waals surface area contributed by atoms with Gasteiger partial charge in [0.05, 0.1) is 13.2 Å². The number of unbranched alkanes of at least 4 members (excludes halogenated alkanes) is 14. The lowest BCUT2D eigenvalue weighted by atomic mass is 10.1. The van der Waals surface area contributed by atoms with E-state index in [-0.39, 0.29) is 23.8 Å². The molecule has 0 aromatic heterocycles. The number of ether oxygens (including phenoxy) is 2. The first kappa shape index (κ1) is 43.2. The Hall–Kier alpha value is -2.98. The maximum Gasteiger partial charge on any atom is 0.305 e. The molecule has 0 aliphatic heterocycles. The Labute approximate surface area is 308 Å². The van der Waals surface area contributed by atoms with Crippen molar-refractivity contribution >= 4 is 45.3 Å². The molecule has 2 N–H and O–H groups in total. The van der Waals surface area contributed by atoms with E-state index in [1.807, 2.05) is 62.4 Å². The van der Waals surface area contributed by atoms with E-state index in [1.165, 1.54) is 25.7 Å². The highest BCUT2D eigenvalue weighted by molar-refractivity contribution is 8.76. The fourth-order valence-corrected chi connectivity index (χ4v) is 7.34. The highest BCUT2D eigenvalue weighted by Crippen LogP contribution is 2.37. The van der Waals surface area contributed by atoms with Gasteiger partial charge in [-0.15, -0.1) is 0 Å². The van der Waals surface area contributed by atoms with E-state index >= 15 is 0 Å². The number of benzene rings is 2.